The molecule has 0 saturated carbocycles. The van der Waals surface area contributed by atoms with E-state index < -0.39 is 10.0 Å². The van der Waals surface area contributed by atoms with Crippen molar-refractivity contribution in [3.05, 3.63) is 76.3 Å². The monoisotopic (exact) mass is 418 g/mol. The smallest absolute Gasteiger partial charge is 0.244 e. The second kappa shape index (κ2) is 8.60. The molecule has 0 spiro atoms. The molecule has 6 nitrogen and oxygen atoms in total. The van der Waals surface area contributed by atoms with Crippen LogP contribution in [0.2, 0.25) is 5.02 Å². The van der Waals surface area contributed by atoms with Crippen LogP contribution in [-0.2, 0) is 21.2 Å². The van der Waals surface area contributed by atoms with Gasteiger partial charge in [-0.05, 0) is 54.0 Å². The van der Waals surface area contributed by atoms with Gasteiger partial charge in [0.15, 0.2) is 0 Å². The largest absolute Gasteiger partial charge is 0.488 e. The molecular weight excluding hydrogens is 400 g/mol. The molecule has 3 rings (SSSR count). The number of benzene rings is 2. The van der Waals surface area contributed by atoms with Crippen LogP contribution in [0.1, 0.15) is 11.1 Å². The number of ether oxygens (including phenoxy) is 1. The first kappa shape index (κ1) is 20.1. The fourth-order valence-corrected chi connectivity index (χ4v) is 3.38. The molecule has 3 N–H and O–H groups in total. The van der Waals surface area contributed by atoms with Gasteiger partial charge >= 0.3 is 0 Å². The van der Waals surface area contributed by atoms with E-state index in [1.54, 1.807) is 24.3 Å². The van der Waals surface area contributed by atoms with Gasteiger partial charge in [-0.1, -0.05) is 29.8 Å². The Morgan fingerprint density at radius 2 is 1.96 bits per heavy atom. The van der Waals surface area contributed by atoms with E-state index in [9.17, 15) is 13.2 Å². The highest BCUT2D eigenvalue weighted by Gasteiger charge is 2.10. The molecule has 0 fully saturated rings. The minimum absolute atomic E-state index is 0.0639. The second-order valence-electron chi connectivity index (χ2n) is 6.25. The third kappa shape index (κ3) is 5.45. The fourth-order valence-electron chi connectivity index (χ4n) is 2.68. The average Bonchev–Trinajstić information content (AvgIpc) is 2.65. The van der Waals surface area contributed by atoms with Crippen LogP contribution in [0.25, 0.3) is 6.08 Å². The van der Waals surface area contributed by atoms with Gasteiger partial charge in [-0.3, -0.25) is 4.79 Å². The summed E-state index contributed by atoms with van der Waals surface area (Å²) in [5.41, 5.74) is 2.64. The second-order valence-corrected chi connectivity index (χ2v) is 8.25. The van der Waals surface area contributed by atoms with E-state index in [1.165, 1.54) is 18.2 Å². The number of carbonyl (C=O) groups excluding carboxylic acids is 1. The Hall–Kier alpha value is -2.61. The number of halogens is 1. The van der Waals surface area contributed by atoms with Crippen molar-refractivity contribution in [2.75, 3.05) is 13.2 Å². The van der Waals surface area contributed by atoms with Gasteiger partial charge in [-0.15, -0.1) is 0 Å². The number of hydrogen-bond acceptors (Lipinski definition) is 4. The molecule has 0 bridgehead atoms. The summed E-state index contributed by atoms with van der Waals surface area (Å²) in [4.78, 5) is 12.0. The Morgan fingerprint density at radius 1 is 1.21 bits per heavy atom. The molecule has 2 aromatic carbocycles. The van der Waals surface area contributed by atoms with Crippen molar-refractivity contribution >= 4 is 33.6 Å². The van der Waals surface area contributed by atoms with Gasteiger partial charge in [0.25, 0.3) is 0 Å². The molecule has 0 aromatic heterocycles. The summed E-state index contributed by atoms with van der Waals surface area (Å²) in [6, 6.07) is 11.6. The highest BCUT2D eigenvalue weighted by Crippen LogP contribution is 2.29. The normalized spacial score (nSPS) is 13.6. The standard InChI is InChI=1S/C20H19ClN2O4S/c21-17-4-7-19-16(12-17)11-15(13-27-19)3-8-20(24)23-10-9-14-1-5-18(6-2-14)28(22,25)26/h1-8,11-12H,9-10,13H2,(H,23,24)(H2,22,25,26)/b8-3+. The minimum atomic E-state index is -3.69. The number of carbonyl (C=O) groups is 1. The predicted octanol–water partition coefficient (Wildman–Crippen LogP) is 2.68. The maximum atomic E-state index is 12.0. The van der Waals surface area contributed by atoms with Crippen LogP contribution >= 0.6 is 11.6 Å². The number of rotatable bonds is 6. The zero-order valence-corrected chi connectivity index (χ0v) is 16.5. The van der Waals surface area contributed by atoms with E-state index in [2.05, 4.69) is 5.32 Å². The predicted molar refractivity (Wildman–Crippen MR) is 109 cm³/mol. The van der Waals surface area contributed by atoms with Crippen molar-refractivity contribution in [1.82, 2.24) is 5.32 Å². The summed E-state index contributed by atoms with van der Waals surface area (Å²) < 4.78 is 28.1. The molecule has 28 heavy (non-hydrogen) atoms. The fraction of sp³-hybridized carbons (Fsp3) is 0.150. The molecule has 2 aromatic rings. The van der Waals surface area contributed by atoms with E-state index >= 15 is 0 Å². The molecular formula is C20H19ClN2O4S. The topological polar surface area (TPSA) is 98.5 Å². The summed E-state index contributed by atoms with van der Waals surface area (Å²) in [5.74, 6) is 0.540. The van der Waals surface area contributed by atoms with Crippen LogP contribution in [0.3, 0.4) is 0 Å². The van der Waals surface area contributed by atoms with Gasteiger partial charge in [0.2, 0.25) is 15.9 Å². The van der Waals surface area contributed by atoms with Gasteiger partial charge in [0, 0.05) is 23.2 Å². The molecule has 1 amide bonds. The molecule has 0 aliphatic carbocycles. The van der Waals surface area contributed by atoms with Crippen molar-refractivity contribution in [3.8, 4) is 5.75 Å². The van der Waals surface area contributed by atoms with Gasteiger partial charge in [0.05, 0.1) is 4.90 Å². The van der Waals surface area contributed by atoms with Crippen LogP contribution in [0.15, 0.2) is 65.1 Å². The van der Waals surface area contributed by atoms with Crippen molar-refractivity contribution in [1.29, 1.82) is 0 Å². The lowest BCUT2D eigenvalue weighted by Gasteiger charge is -2.16. The molecule has 1 aliphatic heterocycles. The molecule has 8 heteroatoms. The van der Waals surface area contributed by atoms with Crippen molar-refractivity contribution in [2.45, 2.75) is 11.3 Å². The Bertz CT molecular complexity index is 1040. The maximum Gasteiger partial charge on any atom is 0.244 e. The molecule has 1 aliphatic rings. The highest BCUT2D eigenvalue weighted by atomic mass is 35.5. The van der Waals surface area contributed by atoms with Crippen LogP contribution in [-0.4, -0.2) is 27.5 Å². The third-order valence-electron chi connectivity index (χ3n) is 4.12. The summed E-state index contributed by atoms with van der Waals surface area (Å²) >= 11 is 5.99. The number of hydrogen-bond donors (Lipinski definition) is 2. The zero-order valence-electron chi connectivity index (χ0n) is 14.9. The molecule has 1 heterocycles. The number of nitrogens with two attached hydrogens (primary N) is 1. The molecule has 146 valence electrons. The van der Waals surface area contributed by atoms with Crippen LogP contribution < -0.4 is 15.2 Å². The number of amides is 1. The zero-order chi connectivity index (χ0) is 20.1. The first-order valence-corrected chi connectivity index (χ1v) is 10.4. The lowest BCUT2D eigenvalue weighted by Crippen LogP contribution is -2.23. The van der Waals surface area contributed by atoms with Crippen LogP contribution in [0.5, 0.6) is 5.75 Å². The van der Waals surface area contributed by atoms with E-state index in [-0.39, 0.29) is 10.8 Å². The first-order valence-electron chi connectivity index (χ1n) is 8.52. The lowest BCUT2D eigenvalue weighted by atomic mass is 10.1. The van der Waals surface area contributed by atoms with E-state index in [0.29, 0.717) is 24.6 Å². The summed E-state index contributed by atoms with van der Waals surface area (Å²) in [7, 11) is -3.69. The number of nitrogens with one attached hydrogen (secondary N) is 1. The molecule has 0 radical (unpaired) electrons. The number of primary sulfonamides is 1. The number of fused-ring (bicyclic) bond motifs is 1. The lowest BCUT2D eigenvalue weighted by molar-refractivity contribution is -0.116. The average molecular weight is 419 g/mol. The Balaban J connectivity index is 1.51. The Labute approximate surface area is 168 Å². The van der Waals surface area contributed by atoms with Gasteiger partial charge in [-0.2, -0.15) is 0 Å². The molecule has 0 atom stereocenters. The van der Waals surface area contributed by atoms with Crippen molar-refractivity contribution in [2.24, 2.45) is 5.14 Å². The minimum Gasteiger partial charge on any atom is -0.488 e. The highest BCUT2D eigenvalue weighted by molar-refractivity contribution is 7.89. The first-order chi connectivity index (χ1) is 13.3. The van der Waals surface area contributed by atoms with E-state index in [0.717, 1.165) is 22.4 Å². The van der Waals surface area contributed by atoms with Gasteiger partial charge in [0.1, 0.15) is 12.4 Å². The SMILES string of the molecule is NS(=O)(=O)c1ccc(CCNC(=O)/C=C/C2=Cc3cc(Cl)ccc3OC2)cc1. The summed E-state index contributed by atoms with van der Waals surface area (Å²) in [5, 5.41) is 8.47. The molecule has 0 unspecified atom stereocenters. The quantitative estimate of drug-likeness (QED) is 0.704. The Morgan fingerprint density at radius 3 is 2.68 bits per heavy atom. The van der Waals surface area contributed by atoms with Crippen molar-refractivity contribution < 1.29 is 17.9 Å². The maximum absolute atomic E-state index is 12.0. The van der Waals surface area contributed by atoms with E-state index in [1.807, 2.05) is 18.2 Å². The van der Waals surface area contributed by atoms with Crippen LogP contribution in [0.4, 0.5) is 0 Å². The third-order valence-corrected chi connectivity index (χ3v) is 5.28. The van der Waals surface area contributed by atoms with Gasteiger partial charge in [-0.25, -0.2) is 13.6 Å². The van der Waals surface area contributed by atoms with Crippen molar-refractivity contribution in [3.63, 3.8) is 0 Å². The number of sulfonamides is 1. The van der Waals surface area contributed by atoms with Gasteiger partial charge < -0.3 is 10.1 Å². The molecule has 0 saturated heterocycles. The summed E-state index contributed by atoms with van der Waals surface area (Å²) in [6.45, 7) is 0.806. The van der Waals surface area contributed by atoms with E-state index in [4.69, 9.17) is 21.5 Å². The summed E-state index contributed by atoms with van der Waals surface area (Å²) in [6.07, 6.45) is 5.67. The Kier molecular flexibility index (Phi) is 6.18. The van der Waals surface area contributed by atoms with Crippen LogP contribution in [0, 0.1) is 0 Å².